The molecule has 1 aromatic carbocycles. The Hall–Kier alpha value is -1.55. The number of hydrogen-bond donors (Lipinski definition) is 1. The van der Waals surface area contributed by atoms with Crippen LogP contribution in [0.4, 0.5) is 0 Å². The first-order valence-electron chi connectivity index (χ1n) is 6.91. The summed E-state index contributed by atoms with van der Waals surface area (Å²) in [4.78, 5) is 11.6. The molecule has 0 saturated heterocycles. The van der Waals surface area contributed by atoms with Crippen molar-refractivity contribution in [3.63, 3.8) is 0 Å². The number of carbonyl (C=O) groups excluding carboxylic acids is 1. The molecule has 0 fully saturated rings. The SMILES string of the molecule is CCOC(C)(COC(=O)C(C)C)c1ccc(C)cc1O. The Kier molecular flexibility index (Phi) is 5.57. The van der Waals surface area contributed by atoms with E-state index in [4.69, 9.17) is 9.47 Å². The van der Waals surface area contributed by atoms with Crippen LogP contribution >= 0.6 is 0 Å². The zero-order valence-electron chi connectivity index (χ0n) is 12.9. The van der Waals surface area contributed by atoms with E-state index in [1.807, 2.05) is 32.9 Å². The topological polar surface area (TPSA) is 55.8 Å². The summed E-state index contributed by atoms with van der Waals surface area (Å²) >= 11 is 0. The van der Waals surface area contributed by atoms with Crippen LogP contribution < -0.4 is 0 Å². The van der Waals surface area contributed by atoms with Crippen molar-refractivity contribution in [3.05, 3.63) is 29.3 Å². The molecule has 0 aliphatic heterocycles. The third kappa shape index (κ3) is 3.97. The van der Waals surface area contributed by atoms with Gasteiger partial charge in [0, 0.05) is 12.2 Å². The second-order valence-electron chi connectivity index (χ2n) is 5.45. The van der Waals surface area contributed by atoms with Crippen molar-refractivity contribution >= 4 is 5.97 Å². The van der Waals surface area contributed by atoms with Crippen LogP contribution in [-0.4, -0.2) is 24.3 Å². The van der Waals surface area contributed by atoms with Gasteiger partial charge in [0.15, 0.2) is 0 Å². The molecule has 1 N–H and O–H groups in total. The van der Waals surface area contributed by atoms with Gasteiger partial charge in [0.05, 0.1) is 5.92 Å². The molecule has 112 valence electrons. The van der Waals surface area contributed by atoms with Gasteiger partial charge in [-0.15, -0.1) is 0 Å². The summed E-state index contributed by atoms with van der Waals surface area (Å²) in [7, 11) is 0. The fraction of sp³-hybridized carbons (Fsp3) is 0.562. The van der Waals surface area contributed by atoms with Gasteiger partial charge in [-0.05, 0) is 32.4 Å². The molecule has 1 atom stereocenters. The predicted octanol–water partition coefficient (Wildman–Crippen LogP) is 3.15. The Morgan fingerprint density at radius 2 is 2.05 bits per heavy atom. The first-order chi connectivity index (χ1) is 9.30. The highest BCUT2D eigenvalue weighted by molar-refractivity contribution is 5.71. The zero-order valence-corrected chi connectivity index (χ0v) is 12.9. The summed E-state index contributed by atoms with van der Waals surface area (Å²) in [6.45, 7) is 9.69. The standard InChI is InChI=1S/C16H24O4/c1-6-20-16(5,10-19-15(18)11(2)3)13-8-7-12(4)9-14(13)17/h7-9,11,17H,6,10H2,1-5H3. The Balaban J connectivity index is 2.98. The average Bonchev–Trinajstić information content (AvgIpc) is 2.35. The number of phenolic OH excluding ortho intramolecular Hbond substituents is 1. The molecule has 1 aromatic rings. The summed E-state index contributed by atoms with van der Waals surface area (Å²) in [5, 5.41) is 10.1. The molecular formula is C16H24O4. The number of esters is 1. The van der Waals surface area contributed by atoms with E-state index in [-0.39, 0.29) is 24.2 Å². The maximum Gasteiger partial charge on any atom is 0.308 e. The van der Waals surface area contributed by atoms with Crippen LogP contribution in [0.2, 0.25) is 0 Å². The van der Waals surface area contributed by atoms with Crippen molar-refractivity contribution in [2.45, 2.75) is 40.2 Å². The van der Waals surface area contributed by atoms with Crippen LogP contribution in [0.5, 0.6) is 5.75 Å². The largest absolute Gasteiger partial charge is 0.508 e. The first-order valence-corrected chi connectivity index (χ1v) is 6.91. The minimum atomic E-state index is -0.850. The lowest BCUT2D eigenvalue weighted by Gasteiger charge is -2.30. The number of aryl methyl sites for hydroxylation is 1. The predicted molar refractivity (Wildman–Crippen MR) is 77.6 cm³/mol. The molecule has 1 rings (SSSR count). The fourth-order valence-corrected chi connectivity index (χ4v) is 1.98. The van der Waals surface area contributed by atoms with Gasteiger partial charge < -0.3 is 14.6 Å². The molecule has 0 aromatic heterocycles. The quantitative estimate of drug-likeness (QED) is 0.813. The van der Waals surface area contributed by atoms with Crippen molar-refractivity contribution in [2.24, 2.45) is 5.92 Å². The number of benzene rings is 1. The second-order valence-corrected chi connectivity index (χ2v) is 5.45. The molecule has 0 amide bonds. The van der Waals surface area contributed by atoms with Gasteiger partial charge in [-0.25, -0.2) is 0 Å². The van der Waals surface area contributed by atoms with Gasteiger partial charge in [-0.1, -0.05) is 26.0 Å². The molecule has 20 heavy (non-hydrogen) atoms. The van der Waals surface area contributed by atoms with Crippen LogP contribution in [0.3, 0.4) is 0 Å². The summed E-state index contributed by atoms with van der Waals surface area (Å²) in [5.41, 5.74) is 0.739. The van der Waals surface area contributed by atoms with Crippen LogP contribution in [0.15, 0.2) is 18.2 Å². The number of aromatic hydroxyl groups is 1. The lowest BCUT2D eigenvalue weighted by molar-refractivity contribution is -0.159. The van der Waals surface area contributed by atoms with Crippen LogP contribution in [0.1, 0.15) is 38.8 Å². The van der Waals surface area contributed by atoms with Gasteiger partial charge >= 0.3 is 5.97 Å². The van der Waals surface area contributed by atoms with E-state index in [2.05, 4.69) is 0 Å². The molecule has 1 unspecified atom stereocenters. The van der Waals surface area contributed by atoms with E-state index < -0.39 is 5.60 Å². The Labute approximate surface area is 120 Å². The van der Waals surface area contributed by atoms with Crippen molar-refractivity contribution in [2.75, 3.05) is 13.2 Å². The molecule has 0 aliphatic carbocycles. The molecule has 0 radical (unpaired) electrons. The highest BCUT2D eigenvalue weighted by Crippen LogP contribution is 2.33. The summed E-state index contributed by atoms with van der Waals surface area (Å²) < 4.78 is 11.0. The van der Waals surface area contributed by atoms with Crippen LogP contribution in [-0.2, 0) is 19.9 Å². The smallest absolute Gasteiger partial charge is 0.308 e. The monoisotopic (exact) mass is 280 g/mol. The summed E-state index contributed by atoms with van der Waals surface area (Å²) in [6, 6.07) is 5.39. The second kappa shape index (κ2) is 6.75. The van der Waals surface area contributed by atoms with Crippen molar-refractivity contribution < 1.29 is 19.4 Å². The van der Waals surface area contributed by atoms with Crippen molar-refractivity contribution in [1.29, 1.82) is 0 Å². The highest BCUT2D eigenvalue weighted by Gasteiger charge is 2.32. The van der Waals surface area contributed by atoms with Crippen LogP contribution in [0.25, 0.3) is 0 Å². The van der Waals surface area contributed by atoms with E-state index in [0.717, 1.165) is 5.56 Å². The fourth-order valence-electron chi connectivity index (χ4n) is 1.98. The molecule has 0 aliphatic rings. The number of carbonyl (C=O) groups is 1. The number of rotatable bonds is 6. The van der Waals surface area contributed by atoms with E-state index >= 15 is 0 Å². The van der Waals surface area contributed by atoms with E-state index in [9.17, 15) is 9.90 Å². The van der Waals surface area contributed by atoms with Gasteiger partial charge in [0.2, 0.25) is 0 Å². The van der Waals surface area contributed by atoms with Gasteiger partial charge in [0.25, 0.3) is 0 Å². The summed E-state index contributed by atoms with van der Waals surface area (Å²) in [5.74, 6) is -0.309. The van der Waals surface area contributed by atoms with Gasteiger partial charge in [-0.3, -0.25) is 4.79 Å². The molecule has 0 bridgehead atoms. The zero-order chi connectivity index (χ0) is 15.3. The average molecular weight is 280 g/mol. The van der Waals surface area contributed by atoms with Crippen molar-refractivity contribution in [1.82, 2.24) is 0 Å². The number of ether oxygens (including phenoxy) is 2. The maximum atomic E-state index is 11.6. The van der Waals surface area contributed by atoms with Gasteiger partial charge in [0.1, 0.15) is 18.0 Å². The van der Waals surface area contributed by atoms with E-state index in [1.54, 1.807) is 19.9 Å². The Morgan fingerprint density at radius 1 is 1.40 bits per heavy atom. The third-order valence-electron chi connectivity index (χ3n) is 3.15. The molecule has 0 heterocycles. The minimum Gasteiger partial charge on any atom is -0.508 e. The lowest BCUT2D eigenvalue weighted by atomic mass is 9.94. The van der Waals surface area contributed by atoms with E-state index in [0.29, 0.717) is 12.2 Å². The van der Waals surface area contributed by atoms with Gasteiger partial charge in [-0.2, -0.15) is 0 Å². The molecular weight excluding hydrogens is 256 g/mol. The number of phenols is 1. The lowest BCUT2D eigenvalue weighted by Crippen LogP contribution is -2.34. The first kappa shape index (κ1) is 16.5. The maximum absolute atomic E-state index is 11.6. The van der Waals surface area contributed by atoms with Crippen molar-refractivity contribution in [3.8, 4) is 5.75 Å². The normalized spacial score (nSPS) is 14.1. The Bertz CT molecular complexity index is 468. The molecule has 0 spiro atoms. The third-order valence-corrected chi connectivity index (χ3v) is 3.15. The molecule has 4 nitrogen and oxygen atoms in total. The molecule has 0 saturated carbocycles. The highest BCUT2D eigenvalue weighted by atomic mass is 16.6. The summed E-state index contributed by atoms with van der Waals surface area (Å²) in [6.07, 6.45) is 0. The van der Waals surface area contributed by atoms with E-state index in [1.165, 1.54) is 0 Å². The Morgan fingerprint density at radius 3 is 2.55 bits per heavy atom. The minimum absolute atomic E-state index is 0.0779. The van der Waals surface area contributed by atoms with Crippen LogP contribution in [0, 0.1) is 12.8 Å². The molecule has 4 heteroatoms. The number of hydrogen-bond acceptors (Lipinski definition) is 4.